The van der Waals surface area contributed by atoms with Crippen molar-refractivity contribution in [3.05, 3.63) is 59.4 Å². The number of fused-ring (bicyclic) bond motifs is 1. The van der Waals surface area contributed by atoms with Gasteiger partial charge in [0.2, 0.25) is 5.28 Å². The molecule has 0 aliphatic carbocycles. The van der Waals surface area contributed by atoms with Gasteiger partial charge in [0.15, 0.2) is 0 Å². The van der Waals surface area contributed by atoms with Gasteiger partial charge in [-0.05, 0) is 54.8 Å². The Bertz CT molecular complexity index is 807. The molecular formula is C18H18ClN3O. The molecule has 0 aliphatic rings. The molecule has 1 N–H and O–H groups in total. The molecule has 1 heterocycles. The molecule has 0 aliphatic heterocycles. The summed E-state index contributed by atoms with van der Waals surface area (Å²) in [5.41, 5.74) is 2.04. The van der Waals surface area contributed by atoms with E-state index < -0.39 is 0 Å². The first-order valence-electron chi connectivity index (χ1n) is 7.58. The molecule has 23 heavy (non-hydrogen) atoms. The van der Waals surface area contributed by atoms with Gasteiger partial charge in [0.1, 0.15) is 11.6 Å². The summed E-state index contributed by atoms with van der Waals surface area (Å²) in [6, 6.07) is 15.9. The van der Waals surface area contributed by atoms with Crippen LogP contribution in [-0.2, 0) is 0 Å². The summed E-state index contributed by atoms with van der Waals surface area (Å²) < 4.78 is 5.74. The third kappa shape index (κ3) is 4.11. The molecule has 5 heteroatoms. The predicted octanol–water partition coefficient (Wildman–Crippen LogP) is 4.47. The van der Waals surface area contributed by atoms with Crippen molar-refractivity contribution in [3.63, 3.8) is 0 Å². The second kappa shape index (κ2) is 7.29. The van der Waals surface area contributed by atoms with Crippen LogP contribution in [0.2, 0.25) is 5.28 Å². The van der Waals surface area contributed by atoms with E-state index in [1.165, 1.54) is 5.56 Å². The maximum Gasteiger partial charge on any atom is 0.224 e. The van der Waals surface area contributed by atoms with Crippen molar-refractivity contribution in [2.75, 3.05) is 18.5 Å². The molecule has 0 spiro atoms. The topological polar surface area (TPSA) is 47.0 Å². The van der Waals surface area contributed by atoms with Crippen molar-refractivity contribution in [2.24, 2.45) is 0 Å². The Morgan fingerprint density at radius 1 is 1.09 bits per heavy atom. The summed E-state index contributed by atoms with van der Waals surface area (Å²) in [5, 5.41) is 4.53. The van der Waals surface area contributed by atoms with Gasteiger partial charge in [-0.3, -0.25) is 0 Å². The van der Waals surface area contributed by atoms with Crippen LogP contribution in [0.4, 0.5) is 5.82 Å². The van der Waals surface area contributed by atoms with Crippen LogP contribution in [0, 0.1) is 6.92 Å². The summed E-state index contributed by atoms with van der Waals surface area (Å²) in [6.07, 6.45) is 0.865. The van der Waals surface area contributed by atoms with Gasteiger partial charge < -0.3 is 10.1 Å². The Hall–Kier alpha value is -2.33. The molecule has 0 atom stereocenters. The van der Waals surface area contributed by atoms with Gasteiger partial charge in [-0.1, -0.05) is 24.3 Å². The molecule has 118 valence electrons. The van der Waals surface area contributed by atoms with Gasteiger partial charge >= 0.3 is 0 Å². The van der Waals surface area contributed by atoms with Crippen molar-refractivity contribution in [3.8, 4) is 5.75 Å². The Labute approximate surface area is 140 Å². The van der Waals surface area contributed by atoms with Gasteiger partial charge in [0.25, 0.3) is 0 Å². The molecule has 0 saturated carbocycles. The minimum Gasteiger partial charge on any atom is -0.494 e. The molecule has 1 aromatic heterocycles. The number of aromatic nitrogens is 2. The van der Waals surface area contributed by atoms with Gasteiger partial charge in [-0.2, -0.15) is 0 Å². The van der Waals surface area contributed by atoms with Crippen molar-refractivity contribution < 1.29 is 4.74 Å². The highest BCUT2D eigenvalue weighted by molar-refractivity contribution is 6.28. The predicted molar refractivity (Wildman–Crippen MR) is 94.3 cm³/mol. The molecule has 3 rings (SSSR count). The van der Waals surface area contributed by atoms with Crippen LogP contribution in [0.15, 0.2) is 48.5 Å². The zero-order chi connectivity index (χ0) is 16.1. The summed E-state index contributed by atoms with van der Waals surface area (Å²) in [6.45, 7) is 3.45. The van der Waals surface area contributed by atoms with Crippen LogP contribution in [0.25, 0.3) is 10.9 Å². The van der Waals surface area contributed by atoms with Crippen molar-refractivity contribution in [1.82, 2.24) is 9.97 Å². The van der Waals surface area contributed by atoms with Crippen LogP contribution >= 0.6 is 11.6 Å². The first-order valence-corrected chi connectivity index (χ1v) is 7.96. The van der Waals surface area contributed by atoms with E-state index in [4.69, 9.17) is 16.3 Å². The average molecular weight is 328 g/mol. The summed E-state index contributed by atoms with van der Waals surface area (Å²) in [5.74, 6) is 1.66. The lowest BCUT2D eigenvalue weighted by Crippen LogP contribution is -2.09. The smallest absolute Gasteiger partial charge is 0.224 e. The summed E-state index contributed by atoms with van der Waals surface area (Å²) >= 11 is 5.97. The number of nitrogens with zero attached hydrogens (tertiary/aromatic N) is 2. The number of benzene rings is 2. The first-order chi connectivity index (χ1) is 11.2. The van der Waals surface area contributed by atoms with E-state index in [2.05, 4.69) is 28.3 Å². The maximum absolute atomic E-state index is 5.97. The normalized spacial score (nSPS) is 10.7. The van der Waals surface area contributed by atoms with E-state index >= 15 is 0 Å². The average Bonchev–Trinajstić information content (AvgIpc) is 2.54. The molecule has 0 saturated heterocycles. The monoisotopic (exact) mass is 327 g/mol. The Morgan fingerprint density at radius 2 is 1.96 bits per heavy atom. The van der Waals surface area contributed by atoms with E-state index in [0.29, 0.717) is 6.61 Å². The molecule has 0 bridgehead atoms. The Balaban J connectivity index is 1.55. The second-order valence-electron chi connectivity index (χ2n) is 5.30. The van der Waals surface area contributed by atoms with E-state index in [1.54, 1.807) is 0 Å². The minimum atomic E-state index is 0.252. The fourth-order valence-corrected chi connectivity index (χ4v) is 2.53. The zero-order valence-corrected chi connectivity index (χ0v) is 13.7. The highest BCUT2D eigenvalue weighted by Crippen LogP contribution is 2.21. The third-order valence-corrected chi connectivity index (χ3v) is 3.62. The third-order valence-electron chi connectivity index (χ3n) is 3.45. The van der Waals surface area contributed by atoms with Crippen LogP contribution < -0.4 is 10.1 Å². The van der Waals surface area contributed by atoms with Crippen molar-refractivity contribution in [2.45, 2.75) is 13.3 Å². The maximum atomic E-state index is 5.97. The van der Waals surface area contributed by atoms with Crippen LogP contribution in [0.1, 0.15) is 12.0 Å². The first kappa shape index (κ1) is 15.6. The van der Waals surface area contributed by atoms with E-state index in [1.807, 2.05) is 42.5 Å². The number of hydrogen-bond acceptors (Lipinski definition) is 4. The highest BCUT2D eigenvalue weighted by Gasteiger charge is 2.05. The van der Waals surface area contributed by atoms with Crippen LogP contribution in [-0.4, -0.2) is 23.1 Å². The molecule has 4 nitrogen and oxygen atoms in total. The minimum absolute atomic E-state index is 0.252. The molecule has 2 aromatic carbocycles. The van der Waals surface area contributed by atoms with E-state index in [0.717, 1.165) is 35.4 Å². The number of anilines is 1. The standard InChI is InChI=1S/C18H18ClN3O/c1-13-6-4-7-14(12-13)23-11-5-10-20-17-15-8-2-3-9-16(15)21-18(19)22-17/h2-4,6-9,12H,5,10-11H2,1H3,(H,20,21,22). The van der Waals surface area contributed by atoms with Crippen molar-refractivity contribution in [1.29, 1.82) is 0 Å². The van der Waals surface area contributed by atoms with Crippen LogP contribution in [0.3, 0.4) is 0 Å². The summed E-state index contributed by atoms with van der Waals surface area (Å²) in [7, 11) is 0. The number of aryl methyl sites for hydroxylation is 1. The quantitative estimate of drug-likeness (QED) is 0.536. The number of rotatable bonds is 6. The molecule has 0 fully saturated rings. The van der Waals surface area contributed by atoms with Gasteiger partial charge in [0, 0.05) is 11.9 Å². The van der Waals surface area contributed by atoms with Gasteiger partial charge in [0.05, 0.1) is 12.1 Å². The lowest BCUT2D eigenvalue weighted by Gasteiger charge is -2.10. The largest absolute Gasteiger partial charge is 0.494 e. The lowest BCUT2D eigenvalue weighted by atomic mass is 10.2. The molecule has 3 aromatic rings. The zero-order valence-electron chi connectivity index (χ0n) is 12.9. The SMILES string of the molecule is Cc1cccc(OCCCNc2nc(Cl)nc3ccccc23)c1. The van der Waals surface area contributed by atoms with E-state index in [9.17, 15) is 0 Å². The van der Waals surface area contributed by atoms with Crippen molar-refractivity contribution >= 4 is 28.3 Å². The number of ether oxygens (including phenoxy) is 1. The Kier molecular flexibility index (Phi) is 4.93. The molecular weight excluding hydrogens is 310 g/mol. The van der Waals surface area contributed by atoms with E-state index in [-0.39, 0.29) is 5.28 Å². The number of halogens is 1. The second-order valence-corrected chi connectivity index (χ2v) is 5.64. The number of para-hydroxylation sites is 1. The number of hydrogen-bond donors (Lipinski definition) is 1. The van der Waals surface area contributed by atoms with Gasteiger partial charge in [-0.25, -0.2) is 9.97 Å². The molecule has 0 amide bonds. The van der Waals surface area contributed by atoms with Crippen LogP contribution in [0.5, 0.6) is 5.75 Å². The fraction of sp³-hybridized carbons (Fsp3) is 0.222. The molecule has 0 unspecified atom stereocenters. The Morgan fingerprint density at radius 3 is 2.83 bits per heavy atom. The van der Waals surface area contributed by atoms with Gasteiger partial charge in [-0.15, -0.1) is 0 Å². The lowest BCUT2D eigenvalue weighted by molar-refractivity contribution is 0.315. The molecule has 0 radical (unpaired) electrons. The highest BCUT2D eigenvalue weighted by atomic mass is 35.5. The summed E-state index contributed by atoms with van der Waals surface area (Å²) in [4.78, 5) is 8.49. The number of nitrogens with one attached hydrogen (secondary N) is 1. The fourth-order valence-electron chi connectivity index (χ4n) is 2.36.